The van der Waals surface area contributed by atoms with Crippen molar-refractivity contribution in [3.05, 3.63) is 0 Å². The summed E-state index contributed by atoms with van der Waals surface area (Å²) < 4.78 is 22.8. The third-order valence-electron chi connectivity index (χ3n) is 3.95. The van der Waals surface area contributed by atoms with Crippen LogP contribution >= 0.6 is 0 Å². The summed E-state index contributed by atoms with van der Waals surface area (Å²) in [6.07, 6.45) is 3.63. The topological polar surface area (TPSA) is 46.2 Å². The van der Waals surface area contributed by atoms with Gasteiger partial charge in [-0.3, -0.25) is 0 Å². The molecule has 1 saturated carbocycles. The standard InChI is InChI=1S/C13H27NO2S/c1-5-17(15,16)9-8-14-12-6-7-13(3,4)10-11(12)2/h11-12,14H,5-10H2,1-4H3. The van der Waals surface area contributed by atoms with E-state index in [4.69, 9.17) is 0 Å². The van der Waals surface area contributed by atoms with Gasteiger partial charge in [-0.1, -0.05) is 27.7 Å². The van der Waals surface area contributed by atoms with Crippen LogP contribution in [0.2, 0.25) is 0 Å². The predicted molar refractivity (Wildman–Crippen MR) is 72.9 cm³/mol. The maximum absolute atomic E-state index is 11.4. The molecule has 1 aliphatic rings. The fourth-order valence-corrected chi connectivity index (χ4v) is 3.51. The van der Waals surface area contributed by atoms with Gasteiger partial charge in [-0.15, -0.1) is 0 Å². The Morgan fingerprint density at radius 1 is 1.35 bits per heavy atom. The number of hydrogen-bond donors (Lipinski definition) is 1. The molecule has 2 atom stereocenters. The second kappa shape index (κ2) is 5.70. The highest BCUT2D eigenvalue weighted by Gasteiger charge is 2.31. The second-order valence-corrected chi connectivity index (χ2v) is 8.65. The molecule has 0 radical (unpaired) electrons. The molecule has 0 bridgehead atoms. The highest BCUT2D eigenvalue weighted by Crippen LogP contribution is 2.38. The number of sulfone groups is 1. The van der Waals surface area contributed by atoms with Crippen LogP contribution in [0.4, 0.5) is 0 Å². The van der Waals surface area contributed by atoms with Gasteiger partial charge in [0.15, 0.2) is 9.84 Å². The van der Waals surface area contributed by atoms with E-state index < -0.39 is 9.84 Å². The fraction of sp³-hybridized carbons (Fsp3) is 1.00. The molecule has 0 amide bonds. The zero-order valence-corrected chi connectivity index (χ0v) is 12.4. The Morgan fingerprint density at radius 3 is 2.53 bits per heavy atom. The van der Waals surface area contributed by atoms with Crippen LogP contribution in [0, 0.1) is 11.3 Å². The molecule has 0 aromatic carbocycles. The molecule has 1 N–H and O–H groups in total. The minimum Gasteiger partial charge on any atom is -0.313 e. The van der Waals surface area contributed by atoms with E-state index in [9.17, 15) is 8.42 Å². The van der Waals surface area contributed by atoms with E-state index in [1.165, 1.54) is 19.3 Å². The molecular formula is C13H27NO2S. The van der Waals surface area contributed by atoms with Crippen LogP contribution in [0.5, 0.6) is 0 Å². The smallest absolute Gasteiger partial charge is 0.151 e. The molecule has 0 aliphatic heterocycles. The molecule has 1 rings (SSSR count). The molecule has 0 aromatic rings. The van der Waals surface area contributed by atoms with Gasteiger partial charge in [0, 0.05) is 18.3 Å². The lowest BCUT2D eigenvalue weighted by atomic mass is 9.70. The van der Waals surface area contributed by atoms with Crippen molar-refractivity contribution in [3.8, 4) is 0 Å². The Balaban J connectivity index is 2.34. The van der Waals surface area contributed by atoms with Crippen LogP contribution in [0.15, 0.2) is 0 Å². The average Bonchev–Trinajstić information content (AvgIpc) is 2.20. The van der Waals surface area contributed by atoms with E-state index in [0.717, 1.165) is 0 Å². The van der Waals surface area contributed by atoms with Gasteiger partial charge >= 0.3 is 0 Å². The number of nitrogens with one attached hydrogen (secondary N) is 1. The largest absolute Gasteiger partial charge is 0.313 e. The summed E-state index contributed by atoms with van der Waals surface area (Å²) in [7, 11) is -2.82. The summed E-state index contributed by atoms with van der Waals surface area (Å²) in [5.74, 6) is 1.17. The minimum absolute atomic E-state index is 0.252. The molecule has 102 valence electrons. The SMILES string of the molecule is CCS(=O)(=O)CCNC1CCC(C)(C)CC1C. The van der Waals surface area contributed by atoms with E-state index in [0.29, 0.717) is 23.9 Å². The molecule has 4 heteroatoms. The van der Waals surface area contributed by atoms with Crippen molar-refractivity contribution in [1.82, 2.24) is 5.32 Å². The molecule has 0 aromatic heterocycles. The van der Waals surface area contributed by atoms with E-state index in [-0.39, 0.29) is 11.5 Å². The van der Waals surface area contributed by atoms with Crippen molar-refractivity contribution < 1.29 is 8.42 Å². The van der Waals surface area contributed by atoms with Crippen molar-refractivity contribution >= 4 is 9.84 Å². The van der Waals surface area contributed by atoms with E-state index in [2.05, 4.69) is 26.1 Å². The van der Waals surface area contributed by atoms with E-state index in [1.807, 2.05) is 0 Å². The molecule has 0 heterocycles. The van der Waals surface area contributed by atoms with E-state index in [1.54, 1.807) is 6.92 Å². The molecule has 2 unspecified atom stereocenters. The first-order valence-electron chi connectivity index (χ1n) is 6.69. The summed E-state index contributed by atoms with van der Waals surface area (Å²) in [5, 5.41) is 3.42. The van der Waals surface area contributed by atoms with Gasteiger partial charge in [0.1, 0.15) is 0 Å². The Morgan fingerprint density at radius 2 is 2.00 bits per heavy atom. The first-order chi connectivity index (χ1) is 7.76. The van der Waals surface area contributed by atoms with Crippen molar-refractivity contribution in [3.63, 3.8) is 0 Å². The number of hydrogen-bond acceptors (Lipinski definition) is 3. The first-order valence-corrected chi connectivity index (χ1v) is 8.52. The Kier molecular flexibility index (Phi) is 5.02. The maximum Gasteiger partial charge on any atom is 0.151 e. The zero-order valence-electron chi connectivity index (χ0n) is 11.6. The van der Waals surface area contributed by atoms with Crippen LogP contribution in [0.1, 0.15) is 47.0 Å². The summed E-state index contributed by atoms with van der Waals surface area (Å²) in [6, 6.07) is 0.495. The Hall–Kier alpha value is -0.0900. The lowest BCUT2D eigenvalue weighted by Crippen LogP contribution is -2.43. The third kappa shape index (κ3) is 4.96. The molecule has 0 spiro atoms. The van der Waals surface area contributed by atoms with Crippen LogP contribution < -0.4 is 5.32 Å². The van der Waals surface area contributed by atoms with Crippen molar-refractivity contribution in [2.24, 2.45) is 11.3 Å². The second-order valence-electron chi connectivity index (χ2n) is 6.18. The van der Waals surface area contributed by atoms with Gasteiger partial charge in [0.05, 0.1) is 5.75 Å². The van der Waals surface area contributed by atoms with Crippen LogP contribution in [-0.4, -0.2) is 32.5 Å². The molecule has 17 heavy (non-hydrogen) atoms. The summed E-state index contributed by atoms with van der Waals surface area (Å²) in [5.41, 5.74) is 0.451. The Labute approximate surface area is 106 Å². The molecule has 3 nitrogen and oxygen atoms in total. The van der Waals surface area contributed by atoms with Gasteiger partial charge in [0.2, 0.25) is 0 Å². The fourth-order valence-electron chi connectivity index (χ4n) is 2.79. The summed E-state index contributed by atoms with van der Waals surface area (Å²) in [6.45, 7) is 9.22. The quantitative estimate of drug-likeness (QED) is 0.825. The maximum atomic E-state index is 11.4. The third-order valence-corrected chi connectivity index (χ3v) is 5.66. The monoisotopic (exact) mass is 261 g/mol. The number of rotatable bonds is 5. The molecule has 1 aliphatic carbocycles. The molecule has 0 saturated heterocycles. The summed E-state index contributed by atoms with van der Waals surface area (Å²) >= 11 is 0. The van der Waals surface area contributed by atoms with Gasteiger partial charge < -0.3 is 5.32 Å². The lowest BCUT2D eigenvalue weighted by Gasteiger charge is -2.39. The lowest BCUT2D eigenvalue weighted by molar-refractivity contribution is 0.150. The molecule has 1 fully saturated rings. The van der Waals surface area contributed by atoms with Crippen LogP contribution in [0.3, 0.4) is 0 Å². The van der Waals surface area contributed by atoms with Gasteiger partial charge in [-0.2, -0.15) is 0 Å². The molecular weight excluding hydrogens is 234 g/mol. The highest BCUT2D eigenvalue weighted by atomic mass is 32.2. The van der Waals surface area contributed by atoms with E-state index >= 15 is 0 Å². The minimum atomic E-state index is -2.82. The van der Waals surface area contributed by atoms with Crippen molar-refractivity contribution in [2.75, 3.05) is 18.1 Å². The predicted octanol–water partition coefficient (Wildman–Crippen LogP) is 2.23. The van der Waals surface area contributed by atoms with Gasteiger partial charge in [-0.25, -0.2) is 8.42 Å². The average molecular weight is 261 g/mol. The van der Waals surface area contributed by atoms with Crippen molar-refractivity contribution in [2.45, 2.75) is 53.0 Å². The highest BCUT2D eigenvalue weighted by molar-refractivity contribution is 7.91. The van der Waals surface area contributed by atoms with Gasteiger partial charge in [0.25, 0.3) is 0 Å². The van der Waals surface area contributed by atoms with Gasteiger partial charge in [-0.05, 0) is 30.6 Å². The van der Waals surface area contributed by atoms with Crippen molar-refractivity contribution in [1.29, 1.82) is 0 Å². The Bertz CT molecular complexity index is 335. The van der Waals surface area contributed by atoms with Crippen LogP contribution in [0.25, 0.3) is 0 Å². The summed E-state index contributed by atoms with van der Waals surface area (Å²) in [4.78, 5) is 0. The normalized spacial score (nSPS) is 29.2. The van der Waals surface area contributed by atoms with Crippen LogP contribution in [-0.2, 0) is 9.84 Å². The zero-order chi connectivity index (χ0) is 13.1. The first kappa shape index (κ1) is 15.0.